The smallest absolute Gasteiger partial charge is 0.115 e. The minimum absolute atomic E-state index is 0.255. The van der Waals surface area contributed by atoms with Crippen LogP contribution in [0.2, 0.25) is 0 Å². The van der Waals surface area contributed by atoms with Crippen molar-refractivity contribution in [3.63, 3.8) is 0 Å². The third-order valence-corrected chi connectivity index (χ3v) is 3.05. The van der Waals surface area contributed by atoms with E-state index in [0.29, 0.717) is 4.99 Å². The zero-order chi connectivity index (χ0) is 12.8. The van der Waals surface area contributed by atoms with Gasteiger partial charge in [-0.15, -0.1) is 0 Å². The highest BCUT2D eigenvalue weighted by molar-refractivity contribution is 7.80. The van der Waals surface area contributed by atoms with Gasteiger partial charge in [0.2, 0.25) is 0 Å². The first-order valence-electron chi connectivity index (χ1n) is 5.87. The molecule has 3 heteroatoms. The summed E-state index contributed by atoms with van der Waals surface area (Å²) in [4.78, 5) is 0.714. The van der Waals surface area contributed by atoms with Crippen molar-refractivity contribution in [3.8, 4) is 5.75 Å². The minimum atomic E-state index is 0.255. The summed E-state index contributed by atoms with van der Waals surface area (Å²) < 4.78 is 0. The molecular formula is C15H15NOS. The summed E-state index contributed by atoms with van der Waals surface area (Å²) >= 11 is 5.29. The number of hydrogen-bond donors (Lipinski definition) is 2. The summed E-state index contributed by atoms with van der Waals surface area (Å²) in [5.41, 5.74) is 2.22. The van der Waals surface area contributed by atoms with E-state index in [4.69, 9.17) is 12.2 Å². The van der Waals surface area contributed by atoms with Gasteiger partial charge in [0.25, 0.3) is 0 Å². The molecule has 0 aliphatic carbocycles. The Balaban J connectivity index is 1.84. The van der Waals surface area contributed by atoms with Crippen molar-refractivity contribution in [2.75, 3.05) is 6.54 Å². The van der Waals surface area contributed by atoms with Gasteiger partial charge in [0, 0.05) is 12.1 Å². The predicted octanol–water partition coefficient (Wildman–Crippen LogP) is 2.90. The summed E-state index contributed by atoms with van der Waals surface area (Å²) in [7, 11) is 0. The fourth-order valence-electron chi connectivity index (χ4n) is 1.68. The van der Waals surface area contributed by atoms with E-state index < -0.39 is 0 Å². The van der Waals surface area contributed by atoms with Gasteiger partial charge < -0.3 is 10.4 Å². The van der Waals surface area contributed by atoms with Gasteiger partial charge in [-0.3, -0.25) is 0 Å². The van der Waals surface area contributed by atoms with Gasteiger partial charge in [0.15, 0.2) is 0 Å². The molecule has 0 aromatic heterocycles. The Bertz CT molecular complexity index is 508. The summed E-state index contributed by atoms with van der Waals surface area (Å²) in [6, 6.07) is 17.2. The van der Waals surface area contributed by atoms with E-state index in [1.807, 2.05) is 30.3 Å². The molecule has 0 bridgehead atoms. The van der Waals surface area contributed by atoms with Crippen LogP contribution in [0, 0.1) is 0 Å². The van der Waals surface area contributed by atoms with Gasteiger partial charge in [-0.2, -0.15) is 0 Å². The van der Waals surface area contributed by atoms with E-state index in [1.54, 1.807) is 12.1 Å². The molecule has 2 rings (SSSR count). The fraction of sp³-hybridized carbons (Fsp3) is 0.133. The van der Waals surface area contributed by atoms with Gasteiger partial charge >= 0.3 is 0 Å². The highest BCUT2D eigenvalue weighted by atomic mass is 32.1. The van der Waals surface area contributed by atoms with Crippen molar-refractivity contribution in [1.82, 2.24) is 5.32 Å². The zero-order valence-corrected chi connectivity index (χ0v) is 10.8. The van der Waals surface area contributed by atoms with E-state index in [1.165, 1.54) is 5.56 Å². The van der Waals surface area contributed by atoms with E-state index in [9.17, 15) is 5.11 Å². The predicted molar refractivity (Wildman–Crippen MR) is 78.0 cm³/mol. The Morgan fingerprint density at radius 2 is 1.67 bits per heavy atom. The first-order chi connectivity index (χ1) is 8.75. The molecular weight excluding hydrogens is 242 g/mol. The van der Waals surface area contributed by atoms with Crippen LogP contribution in [0.4, 0.5) is 0 Å². The normalized spacial score (nSPS) is 10.0. The first kappa shape index (κ1) is 12.6. The molecule has 2 nitrogen and oxygen atoms in total. The van der Waals surface area contributed by atoms with Gasteiger partial charge in [-0.1, -0.05) is 42.5 Å². The summed E-state index contributed by atoms with van der Waals surface area (Å²) in [6.07, 6.45) is 0.944. The quantitative estimate of drug-likeness (QED) is 0.826. The monoisotopic (exact) mass is 257 g/mol. The lowest BCUT2D eigenvalue weighted by Crippen LogP contribution is -2.24. The molecule has 0 fully saturated rings. The number of phenols is 1. The standard InChI is InChI=1S/C15H15NOS/c17-14-8-6-13(7-9-14)15(18)16-11-10-12-4-2-1-3-5-12/h1-9,17H,10-11H2,(H,16,18). The maximum atomic E-state index is 9.20. The third kappa shape index (κ3) is 3.57. The zero-order valence-electron chi connectivity index (χ0n) is 9.97. The van der Waals surface area contributed by atoms with Crippen molar-refractivity contribution in [2.45, 2.75) is 6.42 Å². The number of nitrogens with one attached hydrogen (secondary N) is 1. The number of hydrogen-bond acceptors (Lipinski definition) is 2. The Hall–Kier alpha value is -1.87. The molecule has 18 heavy (non-hydrogen) atoms. The van der Waals surface area contributed by atoms with Gasteiger partial charge in [-0.05, 0) is 36.2 Å². The van der Waals surface area contributed by atoms with Crippen LogP contribution in [0.1, 0.15) is 11.1 Å². The topological polar surface area (TPSA) is 32.3 Å². The maximum Gasteiger partial charge on any atom is 0.115 e. The molecule has 0 saturated heterocycles. The summed E-state index contributed by atoms with van der Waals surface area (Å²) in [5.74, 6) is 0.255. The lowest BCUT2D eigenvalue weighted by Gasteiger charge is -2.08. The molecule has 0 heterocycles. The molecule has 0 aliphatic heterocycles. The van der Waals surface area contributed by atoms with Crippen LogP contribution in [0.25, 0.3) is 0 Å². The molecule has 0 aliphatic rings. The number of rotatable bonds is 4. The largest absolute Gasteiger partial charge is 0.508 e. The highest BCUT2D eigenvalue weighted by Crippen LogP contribution is 2.09. The minimum Gasteiger partial charge on any atom is -0.508 e. The van der Waals surface area contributed by atoms with Crippen LogP contribution in [0.15, 0.2) is 54.6 Å². The van der Waals surface area contributed by atoms with Crippen LogP contribution in [-0.4, -0.2) is 16.6 Å². The molecule has 2 N–H and O–H groups in total. The number of phenolic OH excluding ortho intramolecular Hbond substituents is 1. The lowest BCUT2D eigenvalue weighted by atomic mass is 10.1. The van der Waals surface area contributed by atoms with E-state index in [2.05, 4.69) is 17.4 Å². The Morgan fingerprint density at radius 1 is 1.00 bits per heavy atom. The average Bonchev–Trinajstić information content (AvgIpc) is 2.40. The molecule has 2 aromatic rings. The van der Waals surface area contributed by atoms with Crippen LogP contribution < -0.4 is 5.32 Å². The van der Waals surface area contributed by atoms with Crippen molar-refractivity contribution in [2.24, 2.45) is 0 Å². The van der Waals surface area contributed by atoms with Crippen molar-refractivity contribution in [1.29, 1.82) is 0 Å². The molecule has 92 valence electrons. The van der Waals surface area contributed by atoms with E-state index in [0.717, 1.165) is 18.5 Å². The Kier molecular flexibility index (Phi) is 4.31. The molecule has 0 amide bonds. The van der Waals surface area contributed by atoms with Crippen LogP contribution in [-0.2, 0) is 6.42 Å². The second-order valence-electron chi connectivity index (χ2n) is 4.04. The first-order valence-corrected chi connectivity index (χ1v) is 6.28. The molecule has 0 spiro atoms. The van der Waals surface area contributed by atoms with Gasteiger partial charge in [0.1, 0.15) is 10.7 Å². The molecule has 0 saturated carbocycles. The van der Waals surface area contributed by atoms with E-state index in [-0.39, 0.29) is 5.75 Å². The second kappa shape index (κ2) is 6.17. The van der Waals surface area contributed by atoms with Crippen LogP contribution >= 0.6 is 12.2 Å². The molecule has 0 atom stereocenters. The summed E-state index contributed by atoms with van der Waals surface area (Å²) in [5, 5.41) is 12.4. The average molecular weight is 257 g/mol. The molecule has 0 radical (unpaired) electrons. The maximum absolute atomic E-state index is 9.20. The van der Waals surface area contributed by atoms with Crippen LogP contribution in [0.5, 0.6) is 5.75 Å². The summed E-state index contributed by atoms with van der Waals surface area (Å²) in [6.45, 7) is 0.809. The van der Waals surface area contributed by atoms with Gasteiger partial charge in [-0.25, -0.2) is 0 Å². The molecule has 2 aromatic carbocycles. The third-order valence-electron chi connectivity index (χ3n) is 2.67. The second-order valence-corrected chi connectivity index (χ2v) is 4.45. The van der Waals surface area contributed by atoms with Crippen LogP contribution in [0.3, 0.4) is 0 Å². The number of thiocarbonyl (C=S) groups is 1. The number of benzene rings is 2. The SMILES string of the molecule is Oc1ccc(C(=S)NCCc2ccccc2)cc1. The number of aromatic hydroxyl groups is 1. The van der Waals surface area contributed by atoms with Gasteiger partial charge in [0.05, 0.1) is 0 Å². The Labute approximate surface area is 112 Å². The lowest BCUT2D eigenvalue weighted by molar-refractivity contribution is 0.475. The van der Waals surface area contributed by atoms with Crippen molar-refractivity contribution in [3.05, 3.63) is 65.7 Å². The molecule has 0 unspecified atom stereocenters. The Morgan fingerprint density at radius 3 is 2.33 bits per heavy atom. The van der Waals surface area contributed by atoms with Crippen molar-refractivity contribution >= 4 is 17.2 Å². The van der Waals surface area contributed by atoms with Crippen molar-refractivity contribution < 1.29 is 5.11 Å². The van der Waals surface area contributed by atoms with E-state index >= 15 is 0 Å². The fourth-order valence-corrected chi connectivity index (χ4v) is 1.92. The highest BCUT2D eigenvalue weighted by Gasteiger charge is 2.00.